The Hall–Kier alpha value is -1.23. The van der Waals surface area contributed by atoms with Crippen LogP contribution >= 0.6 is 11.8 Å². The monoisotopic (exact) mass is 243 g/mol. The van der Waals surface area contributed by atoms with Crippen molar-refractivity contribution in [1.82, 2.24) is 5.32 Å². The van der Waals surface area contributed by atoms with Crippen molar-refractivity contribution in [2.45, 2.75) is 13.0 Å². The standard InChI is InChI=1S/C11H17NO3S/c1-4-6-15-11(14)10(12-9(3)13)8-16-7-5-2/h4-5,10H,1-2,6-8H2,3H3,(H,12,13)/t10-/m0/s1. The summed E-state index contributed by atoms with van der Waals surface area (Å²) in [4.78, 5) is 22.4. The van der Waals surface area contributed by atoms with Crippen LogP contribution in [0.3, 0.4) is 0 Å². The smallest absolute Gasteiger partial charge is 0.329 e. The molecule has 0 saturated carbocycles. The lowest BCUT2D eigenvalue weighted by Gasteiger charge is -2.15. The van der Waals surface area contributed by atoms with Crippen LogP contribution in [0.1, 0.15) is 6.92 Å². The maximum absolute atomic E-state index is 11.5. The van der Waals surface area contributed by atoms with Gasteiger partial charge in [-0.15, -0.1) is 6.58 Å². The summed E-state index contributed by atoms with van der Waals surface area (Å²) in [5.41, 5.74) is 0. The van der Waals surface area contributed by atoms with Gasteiger partial charge in [0.15, 0.2) is 0 Å². The van der Waals surface area contributed by atoms with E-state index in [1.54, 1.807) is 6.08 Å². The quantitative estimate of drug-likeness (QED) is 0.394. The zero-order valence-corrected chi connectivity index (χ0v) is 10.2. The molecule has 0 aliphatic rings. The van der Waals surface area contributed by atoms with Gasteiger partial charge in [0.1, 0.15) is 12.6 Å². The Kier molecular flexibility index (Phi) is 8.34. The lowest BCUT2D eigenvalue weighted by Crippen LogP contribution is -2.42. The summed E-state index contributed by atoms with van der Waals surface area (Å²) >= 11 is 1.51. The average molecular weight is 243 g/mol. The molecule has 0 heterocycles. The van der Waals surface area contributed by atoms with Crippen LogP contribution in [0.25, 0.3) is 0 Å². The number of carbonyl (C=O) groups is 2. The van der Waals surface area contributed by atoms with Gasteiger partial charge in [-0.3, -0.25) is 4.79 Å². The summed E-state index contributed by atoms with van der Waals surface area (Å²) in [7, 11) is 0. The minimum Gasteiger partial charge on any atom is -0.460 e. The number of nitrogens with one attached hydrogen (secondary N) is 1. The number of amides is 1. The SMILES string of the molecule is C=CCOC(=O)[C@H](CSCC=C)NC(C)=O. The van der Waals surface area contributed by atoms with E-state index < -0.39 is 12.0 Å². The molecule has 0 unspecified atom stereocenters. The van der Waals surface area contributed by atoms with Gasteiger partial charge in [0.05, 0.1) is 0 Å². The molecule has 90 valence electrons. The van der Waals surface area contributed by atoms with Crippen molar-refractivity contribution in [3.8, 4) is 0 Å². The van der Waals surface area contributed by atoms with Crippen LogP contribution in [-0.2, 0) is 14.3 Å². The molecular weight excluding hydrogens is 226 g/mol. The summed E-state index contributed by atoms with van der Waals surface area (Å²) in [5, 5.41) is 2.54. The number of rotatable bonds is 8. The van der Waals surface area contributed by atoms with Gasteiger partial charge in [0.2, 0.25) is 5.91 Å². The van der Waals surface area contributed by atoms with E-state index in [9.17, 15) is 9.59 Å². The van der Waals surface area contributed by atoms with Gasteiger partial charge in [-0.25, -0.2) is 4.79 Å². The molecule has 0 aliphatic carbocycles. The second kappa shape index (κ2) is 9.03. The van der Waals surface area contributed by atoms with E-state index in [2.05, 4.69) is 18.5 Å². The van der Waals surface area contributed by atoms with Crippen LogP contribution in [0.4, 0.5) is 0 Å². The van der Waals surface area contributed by atoms with Crippen molar-refractivity contribution in [3.05, 3.63) is 25.3 Å². The van der Waals surface area contributed by atoms with Crippen LogP contribution in [-0.4, -0.2) is 36.0 Å². The Bertz CT molecular complexity index is 266. The predicted molar refractivity (Wildman–Crippen MR) is 66.3 cm³/mol. The highest BCUT2D eigenvalue weighted by Gasteiger charge is 2.20. The molecule has 4 nitrogen and oxygen atoms in total. The van der Waals surface area contributed by atoms with Crippen LogP contribution in [0.2, 0.25) is 0 Å². The third kappa shape index (κ3) is 7.11. The summed E-state index contributed by atoms with van der Waals surface area (Å²) < 4.78 is 4.87. The molecule has 1 amide bonds. The summed E-state index contributed by atoms with van der Waals surface area (Å²) in [6.45, 7) is 8.54. The van der Waals surface area contributed by atoms with E-state index in [0.717, 1.165) is 5.75 Å². The first-order valence-electron chi connectivity index (χ1n) is 4.85. The Labute approximate surface area is 100 Å². The van der Waals surface area contributed by atoms with E-state index in [0.29, 0.717) is 5.75 Å². The van der Waals surface area contributed by atoms with E-state index in [-0.39, 0.29) is 12.5 Å². The third-order valence-electron chi connectivity index (χ3n) is 1.53. The van der Waals surface area contributed by atoms with Gasteiger partial charge in [-0.05, 0) is 0 Å². The number of hydrogen-bond donors (Lipinski definition) is 1. The van der Waals surface area contributed by atoms with Gasteiger partial charge >= 0.3 is 5.97 Å². The van der Waals surface area contributed by atoms with Crippen LogP contribution < -0.4 is 5.32 Å². The average Bonchev–Trinajstić information content (AvgIpc) is 2.24. The molecule has 0 aromatic carbocycles. The number of thioether (sulfide) groups is 1. The normalized spacial score (nSPS) is 11.3. The van der Waals surface area contributed by atoms with Gasteiger partial charge in [-0.2, -0.15) is 11.8 Å². The van der Waals surface area contributed by atoms with Crippen molar-refractivity contribution in [2.75, 3.05) is 18.1 Å². The Morgan fingerprint density at radius 3 is 2.62 bits per heavy atom. The second-order valence-corrected chi connectivity index (χ2v) is 4.07. The number of hydrogen-bond acceptors (Lipinski definition) is 4. The highest BCUT2D eigenvalue weighted by molar-refractivity contribution is 7.99. The maximum Gasteiger partial charge on any atom is 0.329 e. The fourth-order valence-corrected chi connectivity index (χ4v) is 1.68. The van der Waals surface area contributed by atoms with Crippen LogP contribution in [0, 0.1) is 0 Å². The number of carbonyl (C=O) groups excluding carboxylic acids is 2. The fraction of sp³-hybridized carbons (Fsp3) is 0.455. The Balaban J connectivity index is 4.16. The molecule has 1 N–H and O–H groups in total. The van der Waals surface area contributed by atoms with E-state index in [1.165, 1.54) is 24.8 Å². The highest BCUT2D eigenvalue weighted by Crippen LogP contribution is 2.04. The van der Waals surface area contributed by atoms with Gasteiger partial charge in [0, 0.05) is 18.4 Å². The van der Waals surface area contributed by atoms with Crippen molar-refractivity contribution >= 4 is 23.6 Å². The molecule has 0 radical (unpaired) electrons. The number of esters is 1. The number of ether oxygens (including phenoxy) is 1. The minimum absolute atomic E-state index is 0.154. The molecule has 0 spiro atoms. The Morgan fingerprint density at radius 2 is 2.12 bits per heavy atom. The van der Waals surface area contributed by atoms with Gasteiger partial charge in [0.25, 0.3) is 0 Å². The lowest BCUT2D eigenvalue weighted by molar-refractivity contribution is -0.145. The van der Waals surface area contributed by atoms with Crippen LogP contribution in [0.15, 0.2) is 25.3 Å². The predicted octanol–water partition coefficient (Wildman–Crippen LogP) is 1.14. The first-order valence-corrected chi connectivity index (χ1v) is 6.00. The molecule has 0 aromatic rings. The van der Waals surface area contributed by atoms with Crippen molar-refractivity contribution < 1.29 is 14.3 Å². The molecule has 0 aromatic heterocycles. The van der Waals surface area contributed by atoms with Crippen molar-refractivity contribution in [2.24, 2.45) is 0 Å². The molecule has 1 atom stereocenters. The third-order valence-corrected chi connectivity index (χ3v) is 2.57. The first kappa shape index (κ1) is 14.8. The Morgan fingerprint density at radius 1 is 1.44 bits per heavy atom. The lowest BCUT2D eigenvalue weighted by atomic mass is 10.3. The molecule has 16 heavy (non-hydrogen) atoms. The van der Waals surface area contributed by atoms with Gasteiger partial charge in [-0.1, -0.05) is 18.7 Å². The highest BCUT2D eigenvalue weighted by atomic mass is 32.2. The van der Waals surface area contributed by atoms with E-state index >= 15 is 0 Å². The molecule has 0 aliphatic heterocycles. The first-order chi connectivity index (χ1) is 7.61. The van der Waals surface area contributed by atoms with Crippen LogP contribution in [0.5, 0.6) is 0 Å². The molecule has 0 saturated heterocycles. The minimum atomic E-state index is -0.609. The largest absolute Gasteiger partial charge is 0.460 e. The second-order valence-electron chi connectivity index (χ2n) is 3.00. The summed E-state index contributed by atoms with van der Waals surface area (Å²) in [6.07, 6.45) is 3.23. The molecular formula is C11H17NO3S. The topological polar surface area (TPSA) is 55.4 Å². The molecule has 0 bridgehead atoms. The van der Waals surface area contributed by atoms with Crippen molar-refractivity contribution in [1.29, 1.82) is 0 Å². The molecule has 0 rings (SSSR count). The summed E-state index contributed by atoms with van der Waals surface area (Å²) in [6, 6.07) is -0.609. The van der Waals surface area contributed by atoms with Gasteiger partial charge < -0.3 is 10.1 Å². The molecule has 0 fully saturated rings. The van der Waals surface area contributed by atoms with Crippen molar-refractivity contribution in [3.63, 3.8) is 0 Å². The van der Waals surface area contributed by atoms with E-state index in [4.69, 9.17) is 4.74 Å². The zero-order chi connectivity index (χ0) is 12.4. The fourth-order valence-electron chi connectivity index (χ4n) is 0.925. The summed E-state index contributed by atoms with van der Waals surface area (Å²) in [5.74, 6) is 0.512. The molecule has 5 heteroatoms. The van der Waals surface area contributed by atoms with E-state index in [1.807, 2.05) is 0 Å². The zero-order valence-electron chi connectivity index (χ0n) is 9.40. The maximum atomic E-state index is 11.5.